The Balaban J connectivity index is 1.48. The van der Waals surface area contributed by atoms with Crippen LogP contribution in [0.25, 0.3) is 27.9 Å². The van der Waals surface area contributed by atoms with Gasteiger partial charge in [-0.2, -0.15) is 4.98 Å². The van der Waals surface area contributed by atoms with Crippen LogP contribution in [0.5, 0.6) is 0 Å². The fourth-order valence-electron chi connectivity index (χ4n) is 4.20. The molecule has 2 atom stereocenters. The first kappa shape index (κ1) is 21.0. The van der Waals surface area contributed by atoms with Gasteiger partial charge in [-0.25, -0.2) is 18.6 Å². The van der Waals surface area contributed by atoms with Gasteiger partial charge >= 0.3 is 0 Å². The lowest BCUT2D eigenvalue weighted by Gasteiger charge is -2.34. The van der Waals surface area contributed by atoms with E-state index in [0.717, 1.165) is 22.3 Å². The van der Waals surface area contributed by atoms with Gasteiger partial charge in [-0.3, -0.25) is 4.79 Å². The van der Waals surface area contributed by atoms with Crippen molar-refractivity contribution in [1.82, 2.24) is 39.5 Å². The van der Waals surface area contributed by atoms with Gasteiger partial charge in [0, 0.05) is 38.8 Å². The van der Waals surface area contributed by atoms with Crippen LogP contribution in [0.4, 0.5) is 16.2 Å². The minimum atomic E-state index is -1.20. The molecule has 1 aliphatic heterocycles. The van der Waals surface area contributed by atoms with Crippen molar-refractivity contribution in [3.63, 3.8) is 0 Å². The van der Waals surface area contributed by atoms with Crippen LogP contribution in [0.1, 0.15) is 20.3 Å². The minimum absolute atomic E-state index is 0.0686. The van der Waals surface area contributed by atoms with Gasteiger partial charge in [0.25, 0.3) is 0 Å². The van der Waals surface area contributed by atoms with Crippen molar-refractivity contribution in [3.8, 4) is 11.3 Å². The molecule has 0 aliphatic carbocycles. The Kier molecular flexibility index (Phi) is 5.27. The number of likely N-dealkylation sites (tertiary alicyclic amines) is 1. The SMILES string of the molecule is CCn1nnc2ccc(-c3ccn4nc(N[C@H]5CCN(C(C)=O)C[C@H]5F)nc(NC)c34)nc21. The fourth-order valence-corrected chi connectivity index (χ4v) is 4.20. The largest absolute Gasteiger partial charge is 0.371 e. The smallest absolute Gasteiger partial charge is 0.243 e. The molecule has 4 aromatic heterocycles. The van der Waals surface area contributed by atoms with Gasteiger partial charge in [0.2, 0.25) is 11.9 Å². The molecule has 1 aliphatic rings. The van der Waals surface area contributed by atoms with Crippen LogP contribution in [0.2, 0.25) is 0 Å². The highest BCUT2D eigenvalue weighted by atomic mass is 19.1. The first-order chi connectivity index (χ1) is 16.0. The van der Waals surface area contributed by atoms with Gasteiger partial charge in [0.1, 0.15) is 17.2 Å². The maximum Gasteiger partial charge on any atom is 0.243 e. The number of aryl methyl sites for hydroxylation is 1. The molecule has 1 amide bonds. The number of fused-ring (bicyclic) bond motifs is 2. The zero-order valence-electron chi connectivity index (χ0n) is 18.7. The highest BCUT2D eigenvalue weighted by Gasteiger charge is 2.31. The number of hydrogen-bond acceptors (Lipinski definition) is 8. The molecular formula is C21H25FN10O. The number of pyridine rings is 1. The molecule has 5 heterocycles. The van der Waals surface area contributed by atoms with Gasteiger partial charge in [-0.15, -0.1) is 10.2 Å². The third kappa shape index (κ3) is 3.70. The van der Waals surface area contributed by atoms with Crippen LogP contribution in [-0.4, -0.2) is 77.7 Å². The number of rotatable bonds is 5. The van der Waals surface area contributed by atoms with Crippen LogP contribution < -0.4 is 10.6 Å². The number of amides is 1. The number of carbonyl (C=O) groups excluding carboxylic acids is 1. The first-order valence-corrected chi connectivity index (χ1v) is 10.9. The third-order valence-corrected chi connectivity index (χ3v) is 5.98. The Morgan fingerprint density at radius 3 is 2.85 bits per heavy atom. The normalized spacial score (nSPS) is 18.7. The summed E-state index contributed by atoms with van der Waals surface area (Å²) >= 11 is 0. The summed E-state index contributed by atoms with van der Waals surface area (Å²) in [6.07, 6.45) is 1.11. The molecule has 2 N–H and O–H groups in total. The standard InChI is InChI=1S/C21H25FN10O/c1-4-31-20-17(27-29-31)6-5-15(24-20)13-7-10-32-18(13)19(23-3)26-21(28-32)25-16-8-9-30(12(2)33)11-14(16)22/h5-7,10,14,16H,4,8-9,11H2,1-3H3,(H2,23,25,26,28)/t14-,16+/m1/s1. The number of nitrogens with zero attached hydrogens (tertiary/aromatic N) is 8. The predicted octanol–water partition coefficient (Wildman–Crippen LogP) is 1.97. The summed E-state index contributed by atoms with van der Waals surface area (Å²) in [6, 6.07) is 5.25. The molecule has 0 unspecified atom stereocenters. The van der Waals surface area contributed by atoms with Crippen LogP contribution in [0, 0.1) is 0 Å². The van der Waals surface area contributed by atoms with Crippen LogP contribution >= 0.6 is 0 Å². The Hall–Kier alpha value is -3.83. The molecule has 11 nitrogen and oxygen atoms in total. The highest BCUT2D eigenvalue weighted by Crippen LogP contribution is 2.30. The summed E-state index contributed by atoms with van der Waals surface area (Å²) in [6.45, 7) is 4.69. The molecule has 4 aromatic rings. The molecule has 0 bridgehead atoms. The fraction of sp³-hybridized carbons (Fsp3) is 0.429. The number of anilines is 2. The van der Waals surface area contributed by atoms with Gasteiger partial charge in [-0.05, 0) is 31.5 Å². The number of carbonyl (C=O) groups is 1. The van der Waals surface area contributed by atoms with Crippen molar-refractivity contribution < 1.29 is 9.18 Å². The number of nitrogens with one attached hydrogen (secondary N) is 2. The minimum Gasteiger partial charge on any atom is -0.371 e. The van der Waals surface area contributed by atoms with Crippen LogP contribution in [-0.2, 0) is 11.3 Å². The van der Waals surface area contributed by atoms with Gasteiger partial charge < -0.3 is 15.5 Å². The van der Waals surface area contributed by atoms with Crippen molar-refractivity contribution in [3.05, 3.63) is 24.4 Å². The lowest BCUT2D eigenvalue weighted by molar-refractivity contribution is -0.131. The summed E-state index contributed by atoms with van der Waals surface area (Å²) < 4.78 is 18.1. The van der Waals surface area contributed by atoms with Crippen LogP contribution in [0.15, 0.2) is 24.4 Å². The van der Waals surface area contributed by atoms with E-state index in [2.05, 4.69) is 31.0 Å². The second-order valence-corrected chi connectivity index (χ2v) is 8.02. The highest BCUT2D eigenvalue weighted by molar-refractivity contribution is 5.89. The predicted molar refractivity (Wildman–Crippen MR) is 122 cm³/mol. The maximum absolute atomic E-state index is 14.7. The second kappa shape index (κ2) is 8.26. The van der Waals surface area contributed by atoms with Gasteiger partial charge in [0.05, 0.1) is 18.3 Å². The van der Waals surface area contributed by atoms with Gasteiger partial charge in [0.15, 0.2) is 11.5 Å². The number of aromatic nitrogens is 7. The van der Waals surface area contributed by atoms with E-state index in [1.165, 1.54) is 11.8 Å². The summed E-state index contributed by atoms with van der Waals surface area (Å²) in [7, 11) is 1.78. The summed E-state index contributed by atoms with van der Waals surface area (Å²) in [4.78, 5) is 22.4. The van der Waals surface area contributed by atoms with E-state index in [1.54, 1.807) is 16.2 Å². The van der Waals surface area contributed by atoms with Crippen LogP contribution in [0.3, 0.4) is 0 Å². The zero-order valence-corrected chi connectivity index (χ0v) is 18.7. The lowest BCUT2D eigenvalue weighted by atomic mass is 10.0. The van der Waals surface area contributed by atoms with Crippen molar-refractivity contribution in [1.29, 1.82) is 0 Å². The Morgan fingerprint density at radius 1 is 1.27 bits per heavy atom. The van der Waals surface area contributed by atoms with Crippen molar-refractivity contribution in [2.45, 2.75) is 39.0 Å². The first-order valence-electron chi connectivity index (χ1n) is 10.9. The molecule has 0 aromatic carbocycles. The number of halogens is 1. The molecule has 1 saturated heterocycles. The molecule has 0 spiro atoms. The topological polar surface area (TPSA) is 118 Å². The van der Waals surface area contributed by atoms with E-state index in [1.807, 2.05) is 31.3 Å². The van der Waals surface area contributed by atoms with Crippen molar-refractivity contribution in [2.24, 2.45) is 0 Å². The summed E-state index contributed by atoms with van der Waals surface area (Å²) in [5, 5.41) is 19.0. The molecule has 0 radical (unpaired) electrons. The molecule has 0 saturated carbocycles. The number of alkyl halides is 1. The molecule has 12 heteroatoms. The van der Waals surface area contributed by atoms with E-state index in [-0.39, 0.29) is 12.5 Å². The molecular weight excluding hydrogens is 427 g/mol. The van der Waals surface area contributed by atoms with Gasteiger partial charge in [-0.1, -0.05) is 5.21 Å². The van der Waals surface area contributed by atoms with E-state index in [4.69, 9.17) is 4.98 Å². The Labute approximate surface area is 189 Å². The monoisotopic (exact) mass is 452 g/mol. The lowest BCUT2D eigenvalue weighted by Crippen LogP contribution is -2.49. The van der Waals surface area contributed by atoms with E-state index in [9.17, 15) is 9.18 Å². The maximum atomic E-state index is 14.7. The van der Waals surface area contributed by atoms with Crippen molar-refractivity contribution in [2.75, 3.05) is 30.8 Å². The molecule has 5 rings (SSSR count). The zero-order chi connectivity index (χ0) is 23.1. The van der Waals surface area contributed by atoms with E-state index < -0.39 is 12.2 Å². The Bertz CT molecular complexity index is 1330. The quantitative estimate of drug-likeness (QED) is 0.472. The third-order valence-electron chi connectivity index (χ3n) is 5.98. The summed E-state index contributed by atoms with van der Waals surface area (Å²) in [5.41, 5.74) is 3.81. The molecule has 172 valence electrons. The molecule has 33 heavy (non-hydrogen) atoms. The van der Waals surface area contributed by atoms with E-state index >= 15 is 0 Å². The number of piperidine rings is 1. The van der Waals surface area contributed by atoms with Crippen molar-refractivity contribution >= 4 is 34.4 Å². The Morgan fingerprint density at radius 2 is 2.12 bits per heavy atom. The molecule has 1 fully saturated rings. The summed E-state index contributed by atoms with van der Waals surface area (Å²) in [5.74, 6) is 0.790. The van der Waals surface area contributed by atoms with E-state index in [0.29, 0.717) is 36.9 Å². The number of hydrogen-bond donors (Lipinski definition) is 2. The average Bonchev–Trinajstić information content (AvgIpc) is 3.43. The second-order valence-electron chi connectivity index (χ2n) is 8.02. The average molecular weight is 452 g/mol.